The van der Waals surface area contributed by atoms with Crippen LogP contribution >= 0.6 is 22.9 Å². The number of imidazole rings is 1. The van der Waals surface area contributed by atoms with E-state index in [0.29, 0.717) is 6.42 Å². The minimum absolute atomic E-state index is 0.0277. The molecule has 0 amide bonds. The number of fused-ring (bicyclic) bond motifs is 1. The molecule has 0 N–H and O–H groups in total. The van der Waals surface area contributed by atoms with E-state index < -0.39 is 23.2 Å². The SMILES string of the molecule is CN1CCN(CC(=O)O/C(CC(C)(C)C)=N\c2nc3c(F)cc(C#N)c(F)c3n2I)CC1. The number of ether oxygens (including phenoxy) is 1. The van der Waals surface area contributed by atoms with E-state index >= 15 is 0 Å². The number of nitrogens with zero attached hydrogens (tertiary/aromatic N) is 6. The number of halogens is 3. The highest BCUT2D eigenvalue weighted by atomic mass is 127. The molecule has 0 unspecified atom stereocenters. The Hall–Kier alpha value is -2.17. The summed E-state index contributed by atoms with van der Waals surface area (Å²) < 4.78 is 35.8. The molecule has 1 aromatic heterocycles. The number of carbonyl (C=O) groups excluding carboxylic acids is 1. The van der Waals surface area contributed by atoms with Crippen LogP contribution in [0.4, 0.5) is 14.7 Å². The van der Waals surface area contributed by atoms with Crippen LogP contribution in [0.1, 0.15) is 32.8 Å². The minimum Gasteiger partial charge on any atom is -0.410 e. The lowest BCUT2D eigenvalue weighted by Gasteiger charge is -2.31. The number of hydrogen-bond acceptors (Lipinski definition) is 7. The molecule has 172 valence electrons. The Labute approximate surface area is 199 Å². The summed E-state index contributed by atoms with van der Waals surface area (Å²) in [7, 11) is 2.03. The van der Waals surface area contributed by atoms with Crippen LogP contribution in [0.25, 0.3) is 11.0 Å². The number of aliphatic imine (C=N–C) groups is 1. The molecule has 0 aliphatic carbocycles. The van der Waals surface area contributed by atoms with Crippen LogP contribution in [0, 0.1) is 28.4 Å². The van der Waals surface area contributed by atoms with Gasteiger partial charge in [-0.15, -0.1) is 0 Å². The van der Waals surface area contributed by atoms with Crippen molar-refractivity contribution in [2.45, 2.75) is 27.2 Å². The topological polar surface area (TPSA) is 86.8 Å². The molecule has 1 aromatic carbocycles. The second-order valence-corrected chi connectivity index (χ2v) is 9.98. The zero-order valence-corrected chi connectivity index (χ0v) is 20.6. The molecule has 32 heavy (non-hydrogen) atoms. The van der Waals surface area contributed by atoms with Gasteiger partial charge >= 0.3 is 5.97 Å². The van der Waals surface area contributed by atoms with Crippen molar-refractivity contribution in [3.05, 3.63) is 23.3 Å². The van der Waals surface area contributed by atoms with Gasteiger partial charge in [-0.2, -0.15) is 10.3 Å². The van der Waals surface area contributed by atoms with Gasteiger partial charge in [-0.1, -0.05) is 20.8 Å². The molecule has 1 fully saturated rings. The van der Waals surface area contributed by atoms with Crippen molar-refractivity contribution in [3.63, 3.8) is 0 Å². The fourth-order valence-electron chi connectivity index (χ4n) is 3.30. The predicted molar refractivity (Wildman–Crippen MR) is 125 cm³/mol. The lowest BCUT2D eigenvalue weighted by atomic mass is 9.92. The summed E-state index contributed by atoms with van der Waals surface area (Å²) in [5, 5.41) is 9.04. The molecule has 2 aromatic rings. The molecular weight excluding hydrogens is 533 g/mol. The maximum absolute atomic E-state index is 14.6. The number of likely N-dealkylation sites (N-methyl/N-ethyl adjacent to an activating group) is 1. The van der Waals surface area contributed by atoms with E-state index in [1.54, 1.807) is 28.9 Å². The zero-order chi connectivity index (χ0) is 23.6. The smallest absolute Gasteiger partial charge is 0.326 e. The fourth-order valence-corrected chi connectivity index (χ4v) is 3.95. The van der Waals surface area contributed by atoms with Gasteiger partial charge in [0, 0.05) is 32.6 Å². The van der Waals surface area contributed by atoms with E-state index in [9.17, 15) is 13.6 Å². The average molecular weight is 558 g/mol. The van der Waals surface area contributed by atoms with Crippen LogP contribution in [-0.4, -0.2) is 69.2 Å². The molecule has 0 saturated carbocycles. The number of esters is 1. The van der Waals surface area contributed by atoms with Gasteiger partial charge in [-0.25, -0.2) is 16.5 Å². The van der Waals surface area contributed by atoms with Crippen molar-refractivity contribution >= 4 is 51.7 Å². The Kier molecular flexibility index (Phi) is 7.46. The molecule has 0 spiro atoms. The first-order chi connectivity index (χ1) is 15.0. The Morgan fingerprint density at radius 3 is 2.56 bits per heavy atom. The van der Waals surface area contributed by atoms with Crippen molar-refractivity contribution in [3.8, 4) is 6.07 Å². The number of nitriles is 1. The maximum atomic E-state index is 14.6. The third kappa shape index (κ3) is 5.79. The molecule has 2 heterocycles. The highest BCUT2D eigenvalue weighted by Crippen LogP contribution is 2.31. The molecule has 11 heteroatoms. The summed E-state index contributed by atoms with van der Waals surface area (Å²) in [5.74, 6) is -2.06. The summed E-state index contributed by atoms with van der Waals surface area (Å²) in [4.78, 5) is 25.2. The Bertz CT molecular complexity index is 1090. The van der Waals surface area contributed by atoms with Gasteiger partial charge in [0.05, 0.1) is 35.0 Å². The summed E-state index contributed by atoms with van der Waals surface area (Å²) >= 11 is 1.74. The summed E-state index contributed by atoms with van der Waals surface area (Å²) in [6.45, 7) is 9.29. The first kappa shape index (κ1) is 24.5. The highest BCUT2D eigenvalue weighted by Gasteiger charge is 2.24. The minimum atomic E-state index is -0.878. The summed E-state index contributed by atoms with van der Waals surface area (Å²) in [6.07, 6.45) is 0.315. The molecule has 8 nitrogen and oxygen atoms in total. The summed E-state index contributed by atoms with van der Waals surface area (Å²) in [6, 6.07) is 2.44. The molecule has 1 aliphatic heterocycles. The van der Waals surface area contributed by atoms with Crippen LogP contribution in [0.3, 0.4) is 0 Å². The molecular formula is C21H25F2IN6O2. The van der Waals surface area contributed by atoms with Gasteiger partial charge in [0.1, 0.15) is 17.1 Å². The lowest BCUT2D eigenvalue weighted by Crippen LogP contribution is -2.46. The number of aromatic nitrogens is 2. The lowest BCUT2D eigenvalue weighted by molar-refractivity contribution is -0.137. The van der Waals surface area contributed by atoms with Gasteiger partial charge in [0.25, 0.3) is 0 Å². The normalized spacial score (nSPS) is 16.4. The van der Waals surface area contributed by atoms with Crippen molar-refractivity contribution in [2.24, 2.45) is 10.4 Å². The van der Waals surface area contributed by atoms with Gasteiger partial charge in [-0.3, -0.25) is 9.69 Å². The van der Waals surface area contributed by atoms with Crippen LogP contribution in [0.5, 0.6) is 0 Å². The Morgan fingerprint density at radius 1 is 1.31 bits per heavy atom. The molecule has 0 radical (unpaired) electrons. The highest BCUT2D eigenvalue weighted by molar-refractivity contribution is 14.1. The first-order valence-corrected chi connectivity index (χ1v) is 11.1. The Balaban J connectivity index is 1.91. The van der Waals surface area contributed by atoms with E-state index in [-0.39, 0.29) is 34.8 Å². The molecule has 0 atom stereocenters. The van der Waals surface area contributed by atoms with Gasteiger partial charge in [0.15, 0.2) is 11.6 Å². The quantitative estimate of drug-likeness (QED) is 0.247. The second-order valence-electron chi connectivity index (χ2n) is 9.02. The largest absolute Gasteiger partial charge is 0.410 e. The van der Waals surface area contributed by atoms with Gasteiger partial charge in [-0.05, 0) is 18.5 Å². The predicted octanol–water partition coefficient (Wildman–Crippen LogP) is 3.64. The van der Waals surface area contributed by atoms with Crippen LogP contribution < -0.4 is 0 Å². The van der Waals surface area contributed by atoms with Crippen molar-refractivity contribution in [1.29, 1.82) is 5.26 Å². The molecule has 1 aliphatic rings. The molecule has 1 saturated heterocycles. The van der Waals surface area contributed by atoms with Crippen LogP contribution in [0.2, 0.25) is 0 Å². The van der Waals surface area contributed by atoms with E-state index in [4.69, 9.17) is 10.00 Å². The Morgan fingerprint density at radius 2 is 1.97 bits per heavy atom. The number of carbonyl (C=O) groups is 1. The average Bonchev–Trinajstić information content (AvgIpc) is 3.02. The molecule has 0 bridgehead atoms. The standard InChI is InChI=1S/C21H25F2IN6O2/c1-21(2,3)10-15(32-16(31)12-29-7-5-28(4)6-8-29)26-20-27-18-14(22)9-13(11-25)17(23)19(18)30(20)24/h9H,5-8,10,12H2,1-4H3/b26-15-. The first-order valence-electron chi connectivity index (χ1n) is 10.1. The monoisotopic (exact) mass is 558 g/mol. The van der Waals surface area contributed by atoms with Crippen molar-refractivity contribution < 1.29 is 18.3 Å². The van der Waals surface area contributed by atoms with E-state index in [2.05, 4.69) is 14.9 Å². The van der Waals surface area contributed by atoms with E-state index in [1.807, 2.05) is 32.7 Å². The van der Waals surface area contributed by atoms with E-state index in [0.717, 1.165) is 32.2 Å². The number of rotatable bonds is 4. The molecule has 3 rings (SSSR count). The number of piperazine rings is 1. The fraction of sp³-hybridized carbons (Fsp3) is 0.524. The second kappa shape index (κ2) is 9.76. The van der Waals surface area contributed by atoms with E-state index in [1.165, 1.54) is 2.78 Å². The van der Waals surface area contributed by atoms with Gasteiger partial charge in [0.2, 0.25) is 11.8 Å². The summed E-state index contributed by atoms with van der Waals surface area (Å²) in [5.41, 5.74) is -1.11. The number of benzene rings is 1. The maximum Gasteiger partial charge on any atom is 0.326 e. The van der Waals surface area contributed by atoms with Crippen LogP contribution in [0.15, 0.2) is 11.1 Å². The van der Waals surface area contributed by atoms with Crippen LogP contribution in [-0.2, 0) is 9.53 Å². The van der Waals surface area contributed by atoms with Gasteiger partial charge < -0.3 is 9.64 Å². The third-order valence-corrected chi connectivity index (χ3v) is 5.87. The zero-order valence-electron chi connectivity index (χ0n) is 18.5. The number of hydrogen-bond donors (Lipinski definition) is 0. The third-order valence-electron chi connectivity index (χ3n) is 4.96. The van der Waals surface area contributed by atoms with Crippen molar-refractivity contribution in [1.82, 2.24) is 17.6 Å². The van der Waals surface area contributed by atoms with Crippen molar-refractivity contribution in [2.75, 3.05) is 39.8 Å².